The molecule has 4 heterocycles. The number of carboxylic acid groups (broad SMARTS) is 1. The second kappa shape index (κ2) is 4.16. The Morgan fingerprint density at radius 2 is 2.40 bits per heavy atom. The summed E-state index contributed by atoms with van der Waals surface area (Å²) in [4.78, 5) is 28.8. The molecule has 6 nitrogen and oxygen atoms in total. The van der Waals surface area contributed by atoms with Gasteiger partial charge in [0.15, 0.2) is 5.16 Å². The highest BCUT2D eigenvalue weighted by molar-refractivity contribution is 8.03. The van der Waals surface area contributed by atoms with E-state index in [-0.39, 0.29) is 17.0 Å². The zero-order valence-electron chi connectivity index (χ0n) is 10.1. The van der Waals surface area contributed by atoms with Gasteiger partial charge in [0.25, 0.3) is 5.91 Å². The number of aromatic nitrogens is 2. The molecule has 3 aliphatic rings. The van der Waals surface area contributed by atoms with Crippen molar-refractivity contribution in [1.82, 2.24) is 14.5 Å². The molecule has 1 fully saturated rings. The van der Waals surface area contributed by atoms with Gasteiger partial charge in [0.1, 0.15) is 11.1 Å². The number of imidazole rings is 1. The predicted octanol–water partition coefficient (Wildman–Crippen LogP) is 1.21. The summed E-state index contributed by atoms with van der Waals surface area (Å²) in [6.07, 6.45) is 3.70. The van der Waals surface area contributed by atoms with Crippen LogP contribution in [0.5, 0.6) is 0 Å². The molecule has 0 spiro atoms. The van der Waals surface area contributed by atoms with Gasteiger partial charge in [0.05, 0.1) is 11.3 Å². The number of hydrogen-bond donors (Lipinski definition) is 1. The van der Waals surface area contributed by atoms with Crippen LogP contribution in [0, 0.1) is 0 Å². The summed E-state index contributed by atoms with van der Waals surface area (Å²) < 4.78 is 2.07. The summed E-state index contributed by atoms with van der Waals surface area (Å²) in [5.41, 5.74) is 1.44. The molecule has 1 N–H and O–H groups in total. The summed E-state index contributed by atoms with van der Waals surface area (Å²) in [7, 11) is 0. The Kier molecular flexibility index (Phi) is 2.52. The largest absolute Gasteiger partial charge is 0.477 e. The zero-order chi connectivity index (χ0) is 13.9. The van der Waals surface area contributed by atoms with Crippen molar-refractivity contribution < 1.29 is 14.7 Å². The Morgan fingerprint density at radius 1 is 1.55 bits per heavy atom. The van der Waals surface area contributed by atoms with Crippen molar-refractivity contribution in [3.05, 3.63) is 28.6 Å². The van der Waals surface area contributed by atoms with Crippen molar-refractivity contribution >= 4 is 41.5 Å². The van der Waals surface area contributed by atoms with E-state index < -0.39 is 5.97 Å². The van der Waals surface area contributed by atoms with E-state index >= 15 is 0 Å². The molecule has 0 saturated carbocycles. The van der Waals surface area contributed by atoms with Gasteiger partial charge in [0, 0.05) is 23.9 Å². The number of β-lactam (4-membered cyclic amide) rings is 1. The first kappa shape index (κ1) is 12.1. The Hall–Kier alpha value is -1.67. The van der Waals surface area contributed by atoms with Crippen LogP contribution in [-0.4, -0.2) is 42.6 Å². The van der Waals surface area contributed by atoms with E-state index in [1.54, 1.807) is 17.8 Å². The van der Waals surface area contributed by atoms with Gasteiger partial charge in [-0.1, -0.05) is 11.8 Å². The lowest BCUT2D eigenvalue weighted by Crippen LogP contribution is -2.51. The fourth-order valence-electron chi connectivity index (χ4n) is 2.42. The standard InChI is InChI=1S/C12H9N3O3S2/c16-9-7(10-15(9)8(5-20-10)11(17)18)3-6-4-14-1-2-19-12(14)13-6/h3-5,10H,1-2H2,(H,17,18)/b7-3-/t10-/m0/s1. The summed E-state index contributed by atoms with van der Waals surface area (Å²) in [6.45, 7) is 0.944. The molecule has 1 aromatic heterocycles. The fraction of sp³-hybridized carbons (Fsp3) is 0.250. The van der Waals surface area contributed by atoms with Gasteiger partial charge in [-0.15, -0.1) is 11.8 Å². The Balaban J connectivity index is 1.61. The molecule has 1 amide bonds. The zero-order valence-corrected chi connectivity index (χ0v) is 11.8. The van der Waals surface area contributed by atoms with E-state index in [0.717, 1.165) is 23.1 Å². The molecule has 3 aliphatic heterocycles. The van der Waals surface area contributed by atoms with Gasteiger partial charge in [-0.3, -0.25) is 9.69 Å². The third-order valence-corrected chi connectivity index (χ3v) is 5.43. The molecule has 8 heteroatoms. The van der Waals surface area contributed by atoms with Crippen LogP contribution in [0.15, 0.2) is 28.0 Å². The highest BCUT2D eigenvalue weighted by Gasteiger charge is 2.49. The molecule has 0 radical (unpaired) electrons. The smallest absolute Gasteiger partial charge is 0.353 e. The minimum absolute atomic E-state index is 0.0602. The molecule has 0 aliphatic carbocycles. The molecule has 102 valence electrons. The number of hydrogen-bond acceptors (Lipinski definition) is 5. The SMILES string of the molecule is O=C(O)C1=CS[C@H]2/C(=C\c3cn4c(n3)SCC4)C(=O)N12. The van der Waals surface area contributed by atoms with Crippen LogP contribution in [-0.2, 0) is 16.1 Å². The van der Waals surface area contributed by atoms with Gasteiger partial charge in [-0.25, -0.2) is 9.78 Å². The van der Waals surface area contributed by atoms with Crippen LogP contribution in [0.25, 0.3) is 6.08 Å². The van der Waals surface area contributed by atoms with Gasteiger partial charge < -0.3 is 9.67 Å². The Labute approximate surface area is 122 Å². The van der Waals surface area contributed by atoms with Gasteiger partial charge >= 0.3 is 5.97 Å². The van der Waals surface area contributed by atoms with Crippen LogP contribution >= 0.6 is 23.5 Å². The van der Waals surface area contributed by atoms with Crippen LogP contribution in [0.4, 0.5) is 0 Å². The maximum atomic E-state index is 12.0. The normalized spacial score (nSPS) is 25.5. The van der Waals surface area contributed by atoms with Crippen molar-refractivity contribution in [3.8, 4) is 0 Å². The number of fused-ring (bicyclic) bond motifs is 2. The monoisotopic (exact) mass is 307 g/mol. The molecular weight excluding hydrogens is 298 g/mol. The summed E-state index contributed by atoms with van der Waals surface area (Å²) in [6, 6.07) is 0. The molecule has 0 bridgehead atoms. The highest BCUT2D eigenvalue weighted by Crippen LogP contribution is 2.45. The van der Waals surface area contributed by atoms with Gasteiger partial charge in [0.2, 0.25) is 0 Å². The first-order valence-corrected chi connectivity index (χ1v) is 7.92. The van der Waals surface area contributed by atoms with Crippen molar-refractivity contribution in [1.29, 1.82) is 0 Å². The quantitative estimate of drug-likeness (QED) is 0.654. The maximum absolute atomic E-state index is 12.0. The molecule has 1 aromatic rings. The Morgan fingerprint density at radius 3 is 3.15 bits per heavy atom. The minimum atomic E-state index is -1.07. The van der Waals surface area contributed by atoms with Crippen molar-refractivity contribution in [3.63, 3.8) is 0 Å². The minimum Gasteiger partial charge on any atom is -0.477 e. The number of nitrogens with zero attached hydrogens (tertiary/aromatic N) is 3. The number of thioether (sulfide) groups is 2. The van der Waals surface area contributed by atoms with Crippen LogP contribution in [0.2, 0.25) is 0 Å². The van der Waals surface area contributed by atoms with Crippen molar-refractivity contribution in [2.45, 2.75) is 17.1 Å². The second-order valence-electron chi connectivity index (χ2n) is 4.56. The number of aliphatic carboxylic acids is 1. The molecule has 20 heavy (non-hydrogen) atoms. The molecule has 1 atom stereocenters. The van der Waals surface area contributed by atoms with E-state index in [1.165, 1.54) is 22.1 Å². The third kappa shape index (κ3) is 1.58. The lowest BCUT2D eigenvalue weighted by Gasteiger charge is -2.36. The first-order valence-electron chi connectivity index (χ1n) is 5.99. The lowest BCUT2D eigenvalue weighted by molar-refractivity contribution is -0.141. The molecular formula is C12H9N3O3S2. The summed E-state index contributed by atoms with van der Waals surface area (Å²) >= 11 is 3.04. The topological polar surface area (TPSA) is 75.4 Å². The van der Waals surface area contributed by atoms with Crippen molar-refractivity contribution in [2.75, 3.05) is 5.75 Å². The number of aryl methyl sites for hydroxylation is 1. The van der Waals surface area contributed by atoms with E-state index in [1.807, 2.05) is 6.20 Å². The van der Waals surface area contributed by atoms with Crippen molar-refractivity contribution in [2.24, 2.45) is 0 Å². The van der Waals surface area contributed by atoms with E-state index in [2.05, 4.69) is 9.55 Å². The predicted molar refractivity (Wildman–Crippen MR) is 74.9 cm³/mol. The summed E-state index contributed by atoms with van der Waals surface area (Å²) in [5.74, 6) is -0.268. The number of rotatable bonds is 2. The number of carbonyl (C=O) groups is 2. The third-order valence-electron chi connectivity index (χ3n) is 3.38. The average molecular weight is 307 g/mol. The van der Waals surface area contributed by atoms with E-state index in [4.69, 9.17) is 5.11 Å². The second-order valence-corrected chi connectivity index (χ2v) is 6.58. The van der Waals surface area contributed by atoms with E-state index in [0.29, 0.717) is 5.57 Å². The van der Waals surface area contributed by atoms with E-state index in [9.17, 15) is 9.59 Å². The van der Waals surface area contributed by atoms with Gasteiger partial charge in [-0.05, 0) is 6.08 Å². The lowest BCUT2D eigenvalue weighted by atomic mass is 10.0. The highest BCUT2D eigenvalue weighted by atomic mass is 32.2. The van der Waals surface area contributed by atoms with Crippen LogP contribution in [0.1, 0.15) is 5.69 Å². The molecule has 0 unspecified atom stereocenters. The fourth-order valence-corrected chi connectivity index (χ4v) is 4.49. The van der Waals surface area contributed by atoms with Crippen LogP contribution < -0.4 is 0 Å². The number of amides is 1. The summed E-state index contributed by atoms with van der Waals surface area (Å²) in [5, 5.41) is 11.3. The first-order chi connectivity index (χ1) is 9.65. The molecule has 1 saturated heterocycles. The number of carboxylic acids is 1. The van der Waals surface area contributed by atoms with Crippen LogP contribution in [0.3, 0.4) is 0 Å². The van der Waals surface area contributed by atoms with Gasteiger partial charge in [-0.2, -0.15) is 0 Å². The maximum Gasteiger partial charge on any atom is 0.353 e. The number of carbonyl (C=O) groups excluding carboxylic acids is 1. The Bertz CT molecular complexity index is 685. The molecule has 0 aromatic carbocycles. The average Bonchev–Trinajstić information content (AvgIpc) is 3.07. The molecule has 4 rings (SSSR count).